The molecule has 0 spiro atoms. The molecule has 0 radical (unpaired) electrons. The van der Waals surface area contributed by atoms with Crippen molar-refractivity contribution in [3.63, 3.8) is 0 Å². The molecule has 2 heterocycles. The summed E-state index contributed by atoms with van der Waals surface area (Å²) < 4.78 is 33.0. The zero-order chi connectivity index (χ0) is 20.1. The van der Waals surface area contributed by atoms with Gasteiger partial charge in [0, 0.05) is 32.7 Å². The van der Waals surface area contributed by atoms with Gasteiger partial charge in [0.1, 0.15) is 11.6 Å². The van der Waals surface area contributed by atoms with E-state index in [1.807, 2.05) is 32.9 Å². The van der Waals surface area contributed by atoms with E-state index < -0.39 is 10.0 Å². The van der Waals surface area contributed by atoms with E-state index in [1.165, 1.54) is 4.31 Å². The summed E-state index contributed by atoms with van der Waals surface area (Å²) in [5.74, 6) is 2.21. The van der Waals surface area contributed by atoms with Gasteiger partial charge in [-0.25, -0.2) is 8.42 Å². The van der Waals surface area contributed by atoms with Gasteiger partial charge in [-0.2, -0.15) is 4.31 Å². The minimum absolute atomic E-state index is 0.302. The van der Waals surface area contributed by atoms with Crippen LogP contribution < -0.4 is 15.0 Å². The first-order valence-corrected chi connectivity index (χ1v) is 11.0. The summed E-state index contributed by atoms with van der Waals surface area (Å²) in [6.07, 6.45) is 0. The molecule has 2 aromatic rings. The summed E-state index contributed by atoms with van der Waals surface area (Å²) in [5.41, 5.74) is 0.817. The fourth-order valence-corrected chi connectivity index (χ4v) is 4.68. The Bertz CT molecular complexity index is 894. The number of hydrogen-bond donors (Lipinski definition) is 1. The number of ether oxygens (including phenoxy) is 1. The Hall–Kier alpha value is -2.39. The molecule has 0 aliphatic carbocycles. The van der Waals surface area contributed by atoms with Crippen LogP contribution in [0.25, 0.3) is 0 Å². The van der Waals surface area contributed by atoms with Gasteiger partial charge >= 0.3 is 0 Å². The first kappa shape index (κ1) is 20.3. The topological polar surface area (TPSA) is 87.7 Å². The lowest BCUT2D eigenvalue weighted by Crippen LogP contribution is -2.49. The number of aryl methyl sites for hydroxylation is 1. The van der Waals surface area contributed by atoms with E-state index >= 15 is 0 Å². The zero-order valence-corrected chi connectivity index (χ0v) is 17.4. The number of aromatic nitrogens is 2. The van der Waals surface area contributed by atoms with Gasteiger partial charge in [0.2, 0.25) is 10.0 Å². The van der Waals surface area contributed by atoms with E-state index in [1.54, 1.807) is 18.2 Å². The highest BCUT2D eigenvalue weighted by molar-refractivity contribution is 7.89. The number of benzene rings is 1. The first-order chi connectivity index (χ1) is 13.5. The summed E-state index contributed by atoms with van der Waals surface area (Å²) >= 11 is 0. The van der Waals surface area contributed by atoms with Gasteiger partial charge in [0.15, 0.2) is 5.82 Å². The van der Waals surface area contributed by atoms with E-state index in [9.17, 15) is 8.42 Å². The molecule has 1 saturated heterocycles. The van der Waals surface area contributed by atoms with Crippen LogP contribution in [-0.2, 0) is 10.0 Å². The third kappa shape index (κ3) is 4.36. The molecular weight excluding hydrogens is 378 g/mol. The Labute approximate surface area is 166 Å². The lowest BCUT2D eigenvalue weighted by Gasteiger charge is -2.34. The van der Waals surface area contributed by atoms with Gasteiger partial charge < -0.3 is 15.0 Å². The molecule has 1 aliphatic heterocycles. The predicted molar refractivity (Wildman–Crippen MR) is 110 cm³/mol. The largest absolute Gasteiger partial charge is 0.494 e. The molecule has 1 aliphatic rings. The minimum atomic E-state index is -3.53. The average Bonchev–Trinajstić information content (AvgIpc) is 2.70. The fourth-order valence-electron chi connectivity index (χ4n) is 3.18. The Morgan fingerprint density at radius 1 is 1.07 bits per heavy atom. The molecule has 1 aromatic carbocycles. The van der Waals surface area contributed by atoms with Gasteiger partial charge in [0.25, 0.3) is 0 Å². The summed E-state index contributed by atoms with van der Waals surface area (Å²) in [5, 5.41) is 11.5. The van der Waals surface area contributed by atoms with Crippen molar-refractivity contribution in [2.45, 2.75) is 25.7 Å². The van der Waals surface area contributed by atoms with Gasteiger partial charge in [-0.05, 0) is 56.7 Å². The Morgan fingerprint density at radius 2 is 1.82 bits per heavy atom. The van der Waals surface area contributed by atoms with Crippen LogP contribution in [0.1, 0.15) is 19.4 Å². The van der Waals surface area contributed by atoms with Crippen molar-refractivity contribution in [3.8, 4) is 5.75 Å². The van der Waals surface area contributed by atoms with Crippen LogP contribution >= 0.6 is 0 Å². The second-order valence-electron chi connectivity index (χ2n) is 6.56. The molecule has 8 nitrogen and oxygen atoms in total. The van der Waals surface area contributed by atoms with Crippen molar-refractivity contribution in [2.75, 3.05) is 49.5 Å². The van der Waals surface area contributed by atoms with E-state index in [4.69, 9.17) is 4.74 Å². The van der Waals surface area contributed by atoms with Crippen molar-refractivity contribution in [1.29, 1.82) is 0 Å². The van der Waals surface area contributed by atoms with Crippen LogP contribution in [0.2, 0.25) is 0 Å². The van der Waals surface area contributed by atoms with E-state index in [0.717, 1.165) is 23.7 Å². The van der Waals surface area contributed by atoms with Crippen molar-refractivity contribution < 1.29 is 13.2 Å². The summed E-state index contributed by atoms with van der Waals surface area (Å²) in [4.78, 5) is 2.36. The van der Waals surface area contributed by atoms with Crippen LogP contribution in [-0.4, -0.2) is 62.3 Å². The molecular formula is C19H27N5O3S. The summed E-state index contributed by atoms with van der Waals surface area (Å²) in [6.45, 7) is 9.06. The standard InChI is InChI=1S/C19H27N5O3S/c1-4-20-18-8-9-19(22-21-18)23-10-12-24(13-11-23)28(25,26)16-6-7-17(27-5-2)15(3)14-16/h6-9,14H,4-5,10-13H2,1-3H3,(H,20,21). The third-order valence-electron chi connectivity index (χ3n) is 4.66. The normalized spacial score (nSPS) is 15.5. The summed E-state index contributed by atoms with van der Waals surface area (Å²) in [6, 6.07) is 8.81. The van der Waals surface area contributed by atoms with Crippen LogP contribution in [0.3, 0.4) is 0 Å². The second-order valence-corrected chi connectivity index (χ2v) is 8.50. The molecule has 0 amide bonds. The van der Waals surface area contributed by atoms with Crippen LogP contribution in [0, 0.1) is 6.92 Å². The number of rotatable bonds is 7. The molecule has 0 unspecified atom stereocenters. The molecule has 1 fully saturated rings. The highest BCUT2D eigenvalue weighted by atomic mass is 32.2. The quantitative estimate of drug-likeness (QED) is 0.755. The lowest BCUT2D eigenvalue weighted by molar-refractivity contribution is 0.337. The van der Waals surface area contributed by atoms with Crippen molar-refractivity contribution in [1.82, 2.24) is 14.5 Å². The number of sulfonamides is 1. The van der Waals surface area contributed by atoms with Crippen molar-refractivity contribution >= 4 is 21.7 Å². The van der Waals surface area contributed by atoms with E-state index in [0.29, 0.717) is 43.4 Å². The molecule has 28 heavy (non-hydrogen) atoms. The minimum Gasteiger partial charge on any atom is -0.494 e. The molecule has 152 valence electrons. The first-order valence-electron chi connectivity index (χ1n) is 9.52. The van der Waals surface area contributed by atoms with E-state index in [2.05, 4.69) is 20.4 Å². The van der Waals surface area contributed by atoms with Gasteiger partial charge in [-0.15, -0.1) is 10.2 Å². The average molecular weight is 406 g/mol. The zero-order valence-electron chi connectivity index (χ0n) is 16.6. The fraction of sp³-hybridized carbons (Fsp3) is 0.474. The molecule has 0 saturated carbocycles. The molecule has 1 N–H and O–H groups in total. The molecule has 9 heteroatoms. The lowest BCUT2D eigenvalue weighted by atomic mass is 10.2. The number of piperazine rings is 1. The van der Waals surface area contributed by atoms with Gasteiger partial charge in [-0.3, -0.25) is 0 Å². The van der Waals surface area contributed by atoms with Crippen molar-refractivity contribution in [2.24, 2.45) is 0 Å². The van der Waals surface area contributed by atoms with Crippen LogP contribution in [0.5, 0.6) is 5.75 Å². The van der Waals surface area contributed by atoms with Gasteiger partial charge in [-0.1, -0.05) is 0 Å². The number of nitrogens with zero attached hydrogens (tertiary/aromatic N) is 4. The van der Waals surface area contributed by atoms with E-state index in [-0.39, 0.29) is 0 Å². The van der Waals surface area contributed by atoms with Crippen LogP contribution in [0.4, 0.5) is 11.6 Å². The molecule has 3 rings (SSSR count). The highest BCUT2D eigenvalue weighted by Gasteiger charge is 2.29. The maximum atomic E-state index is 13.0. The summed E-state index contributed by atoms with van der Waals surface area (Å²) in [7, 11) is -3.53. The number of anilines is 2. The molecule has 0 atom stereocenters. The van der Waals surface area contributed by atoms with Crippen molar-refractivity contribution in [3.05, 3.63) is 35.9 Å². The SMILES string of the molecule is CCNc1ccc(N2CCN(S(=O)(=O)c3ccc(OCC)c(C)c3)CC2)nn1. The molecule has 0 bridgehead atoms. The Balaban J connectivity index is 1.67. The maximum absolute atomic E-state index is 13.0. The number of nitrogens with one attached hydrogen (secondary N) is 1. The third-order valence-corrected chi connectivity index (χ3v) is 6.55. The smallest absolute Gasteiger partial charge is 0.243 e. The Kier molecular flexibility index (Phi) is 6.35. The van der Waals surface area contributed by atoms with Crippen LogP contribution in [0.15, 0.2) is 35.2 Å². The predicted octanol–water partition coefficient (Wildman–Crippen LogP) is 2.13. The second kappa shape index (κ2) is 8.74. The Morgan fingerprint density at radius 3 is 2.39 bits per heavy atom. The number of hydrogen-bond acceptors (Lipinski definition) is 7. The van der Waals surface area contributed by atoms with Gasteiger partial charge in [0.05, 0.1) is 11.5 Å². The monoisotopic (exact) mass is 405 g/mol. The molecule has 1 aromatic heterocycles. The maximum Gasteiger partial charge on any atom is 0.243 e. The highest BCUT2D eigenvalue weighted by Crippen LogP contribution is 2.25.